The molecule has 20 heavy (non-hydrogen) atoms. The smallest absolute Gasteiger partial charge is 0.337 e. The quantitative estimate of drug-likeness (QED) is 0.601. The molecule has 1 unspecified atom stereocenters. The molecule has 4 N–H and O–H groups in total. The highest BCUT2D eigenvalue weighted by Gasteiger charge is 2.30. The zero-order valence-corrected chi connectivity index (χ0v) is 11.3. The fourth-order valence-corrected chi connectivity index (χ4v) is 1.36. The molecule has 2 amide bonds. The molecule has 0 aliphatic rings. The van der Waals surface area contributed by atoms with Gasteiger partial charge >= 0.3 is 12.0 Å². The molecule has 0 aromatic heterocycles. The zero-order valence-electron chi connectivity index (χ0n) is 11.3. The molecule has 110 valence electrons. The molecule has 0 fully saturated rings. The SMILES string of the molecule is COc1cccc(CNC(=O)NCC(C)(O)C(=O)O)c1. The number of ether oxygens (including phenoxy) is 1. The van der Waals surface area contributed by atoms with Gasteiger partial charge in [-0.1, -0.05) is 12.1 Å². The number of carbonyl (C=O) groups excluding carboxylic acids is 1. The summed E-state index contributed by atoms with van der Waals surface area (Å²) in [6, 6.07) is 6.61. The summed E-state index contributed by atoms with van der Waals surface area (Å²) in [6.07, 6.45) is 0. The van der Waals surface area contributed by atoms with Crippen molar-refractivity contribution in [3.63, 3.8) is 0 Å². The lowest BCUT2D eigenvalue weighted by atomic mass is 10.1. The third-order valence-electron chi connectivity index (χ3n) is 2.64. The number of amides is 2. The van der Waals surface area contributed by atoms with Crippen molar-refractivity contribution in [3.8, 4) is 5.75 Å². The number of aliphatic hydroxyl groups is 1. The molecule has 1 aromatic carbocycles. The number of urea groups is 1. The maximum atomic E-state index is 11.5. The van der Waals surface area contributed by atoms with Crippen LogP contribution in [-0.2, 0) is 11.3 Å². The van der Waals surface area contributed by atoms with Crippen molar-refractivity contribution < 1.29 is 24.5 Å². The summed E-state index contributed by atoms with van der Waals surface area (Å²) < 4.78 is 5.05. The van der Waals surface area contributed by atoms with Crippen LogP contribution in [0.2, 0.25) is 0 Å². The molecule has 0 bridgehead atoms. The molecule has 0 aliphatic carbocycles. The van der Waals surface area contributed by atoms with Crippen LogP contribution in [0.1, 0.15) is 12.5 Å². The Morgan fingerprint density at radius 3 is 2.65 bits per heavy atom. The fourth-order valence-electron chi connectivity index (χ4n) is 1.36. The molecule has 7 heteroatoms. The van der Waals surface area contributed by atoms with Gasteiger partial charge in [-0.25, -0.2) is 9.59 Å². The summed E-state index contributed by atoms with van der Waals surface area (Å²) in [6.45, 7) is 0.988. The third-order valence-corrected chi connectivity index (χ3v) is 2.64. The lowest BCUT2D eigenvalue weighted by molar-refractivity contribution is -0.155. The fraction of sp³-hybridized carbons (Fsp3) is 0.385. The van der Waals surface area contributed by atoms with Crippen molar-refractivity contribution in [2.45, 2.75) is 19.1 Å². The van der Waals surface area contributed by atoms with Crippen molar-refractivity contribution in [1.82, 2.24) is 10.6 Å². The number of methoxy groups -OCH3 is 1. The molecule has 1 atom stereocenters. The maximum absolute atomic E-state index is 11.5. The molecule has 1 rings (SSSR count). The van der Waals surface area contributed by atoms with Gasteiger partial charge in [-0.05, 0) is 24.6 Å². The van der Waals surface area contributed by atoms with E-state index in [4.69, 9.17) is 9.84 Å². The monoisotopic (exact) mass is 282 g/mol. The Kier molecular flexibility index (Phi) is 5.33. The Labute approximate surface area is 116 Å². The minimum atomic E-state index is -1.99. The molecule has 0 saturated heterocycles. The van der Waals surface area contributed by atoms with Gasteiger partial charge in [0.05, 0.1) is 13.7 Å². The Hall–Kier alpha value is -2.28. The Morgan fingerprint density at radius 2 is 2.05 bits per heavy atom. The van der Waals surface area contributed by atoms with Gasteiger partial charge in [-0.2, -0.15) is 0 Å². The second kappa shape index (κ2) is 6.76. The van der Waals surface area contributed by atoms with E-state index >= 15 is 0 Å². The summed E-state index contributed by atoms with van der Waals surface area (Å²) in [7, 11) is 1.55. The first-order valence-corrected chi connectivity index (χ1v) is 5.95. The normalized spacial score (nSPS) is 13.2. The van der Waals surface area contributed by atoms with E-state index in [1.165, 1.54) is 0 Å². The van der Waals surface area contributed by atoms with Crippen LogP contribution in [-0.4, -0.2) is 41.5 Å². The Balaban J connectivity index is 2.42. The van der Waals surface area contributed by atoms with E-state index in [9.17, 15) is 14.7 Å². The summed E-state index contributed by atoms with van der Waals surface area (Å²) >= 11 is 0. The molecule has 0 radical (unpaired) electrons. The molecule has 0 spiro atoms. The number of carbonyl (C=O) groups is 2. The summed E-state index contributed by atoms with van der Waals surface area (Å²) in [5.74, 6) is -0.718. The van der Waals surface area contributed by atoms with Crippen LogP contribution >= 0.6 is 0 Å². The van der Waals surface area contributed by atoms with Crippen LogP contribution in [0.5, 0.6) is 5.75 Å². The minimum absolute atomic E-state index is 0.262. The predicted octanol–water partition coefficient (Wildman–Crippen LogP) is 0.330. The summed E-state index contributed by atoms with van der Waals surface area (Å²) in [4.78, 5) is 22.1. The number of hydrogen-bond donors (Lipinski definition) is 4. The number of hydrogen-bond acceptors (Lipinski definition) is 4. The molecule has 1 aromatic rings. The molecular formula is C13H18N2O5. The lowest BCUT2D eigenvalue weighted by Gasteiger charge is -2.18. The van der Waals surface area contributed by atoms with Gasteiger partial charge in [0.2, 0.25) is 0 Å². The van der Waals surface area contributed by atoms with Gasteiger partial charge < -0.3 is 25.6 Å². The average Bonchev–Trinajstić information content (AvgIpc) is 2.43. The van der Waals surface area contributed by atoms with E-state index in [2.05, 4.69) is 10.6 Å². The molecule has 0 aliphatic heterocycles. The van der Waals surface area contributed by atoms with E-state index in [-0.39, 0.29) is 13.1 Å². The van der Waals surface area contributed by atoms with E-state index in [1.807, 2.05) is 6.07 Å². The lowest BCUT2D eigenvalue weighted by Crippen LogP contribution is -2.48. The average molecular weight is 282 g/mol. The minimum Gasteiger partial charge on any atom is -0.497 e. The first-order valence-electron chi connectivity index (χ1n) is 5.95. The molecule has 7 nitrogen and oxygen atoms in total. The summed E-state index contributed by atoms with van der Waals surface area (Å²) in [5, 5.41) is 23.0. The van der Waals surface area contributed by atoms with Gasteiger partial charge in [0.1, 0.15) is 5.75 Å². The Bertz CT molecular complexity index is 487. The van der Waals surface area contributed by atoms with Crippen LogP contribution in [0.3, 0.4) is 0 Å². The van der Waals surface area contributed by atoms with Gasteiger partial charge in [0.15, 0.2) is 5.60 Å². The van der Waals surface area contributed by atoms with Gasteiger partial charge in [-0.3, -0.25) is 0 Å². The van der Waals surface area contributed by atoms with E-state index in [0.29, 0.717) is 5.75 Å². The van der Waals surface area contributed by atoms with Crippen molar-refractivity contribution >= 4 is 12.0 Å². The van der Waals surface area contributed by atoms with Crippen LogP contribution in [0.4, 0.5) is 4.79 Å². The second-order valence-electron chi connectivity index (χ2n) is 4.47. The Morgan fingerprint density at radius 1 is 1.35 bits per heavy atom. The van der Waals surface area contributed by atoms with Gasteiger partial charge in [-0.15, -0.1) is 0 Å². The van der Waals surface area contributed by atoms with Crippen molar-refractivity contribution in [2.24, 2.45) is 0 Å². The largest absolute Gasteiger partial charge is 0.497 e. The number of carboxylic acid groups (broad SMARTS) is 1. The second-order valence-corrected chi connectivity index (χ2v) is 4.47. The zero-order chi connectivity index (χ0) is 15.2. The highest BCUT2D eigenvalue weighted by atomic mass is 16.5. The highest BCUT2D eigenvalue weighted by molar-refractivity contribution is 5.79. The van der Waals surface area contributed by atoms with E-state index in [0.717, 1.165) is 12.5 Å². The van der Waals surface area contributed by atoms with Crippen molar-refractivity contribution in [3.05, 3.63) is 29.8 Å². The van der Waals surface area contributed by atoms with Crippen LogP contribution in [0.15, 0.2) is 24.3 Å². The number of rotatable bonds is 6. The maximum Gasteiger partial charge on any atom is 0.337 e. The van der Waals surface area contributed by atoms with E-state index < -0.39 is 17.6 Å². The number of carboxylic acids is 1. The predicted molar refractivity (Wildman–Crippen MR) is 71.5 cm³/mol. The first-order chi connectivity index (χ1) is 9.35. The molecular weight excluding hydrogens is 264 g/mol. The van der Waals surface area contributed by atoms with E-state index in [1.54, 1.807) is 25.3 Å². The van der Waals surface area contributed by atoms with Gasteiger partial charge in [0.25, 0.3) is 0 Å². The first kappa shape index (κ1) is 15.8. The van der Waals surface area contributed by atoms with Crippen LogP contribution in [0, 0.1) is 0 Å². The molecule has 0 heterocycles. The van der Waals surface area contributed by atoms with Gasteiger partial charge in [0, 0.05) is 6.54 Å². The highest BCUT2D eigenvalue weighted by Crippen LogP contribution is 2.12. The topological polar surface area (TPSA) is 108 Å². The number of nitrogens with one attached hydrogen (secondary N) is 2. The number of aliphatic carboxylic acids is 1. The summed E-state index contributed by atoms with van der Waals surface area (Å²) in [5.41, 5.74) is -1.16. The van der Waals surface area contributed by atoms with Crippen LogP contribution in [0.25, 0.3) is 0 Å². The van der Waals surface area contributed by atoms with Crippen molar-refractivity contribution in [2.75, 3.05) is 13.7 Å². The van der Waals surface area contributed by atoms with Crippen LogP contribution < -0.4 is 15.4 Å². The standard InChI is InChI=1S/C13H18N2O5/c1-13(19,11(16)17)8-15-12(18)14-7-9-4-3-5-10(6-9)20-2/h3-6,19H,7-8H2,1-2H3,(H,16,17)(H2,14,15,18). The third kappa shape index (κ3) is 4.77. The number of benzene rings is 1. The van der Waals surface area contributed by atoms with Crippen molar-refractivity contribution in [1.29, 1.82) is 0 Å². The molecule has 0 saturated carbocycles.